The molecular weight excluding hydrogens is 312 g/mol. The first kappa shape index (κ1) is 17.4. The van der Waals surface area contributed by atoms with Crippen LogP contribution in [0.25, 0.3) is 6.08 Å². The molecule has 1 saturated heterocycles. The molecule has 0 atom stereocenters. The summed E-state index contributed by atoms with van der Waals surface area (Å²) in [6.45, 7) is 7.12. The highest BCUT2D eigenvalue weighted by molar-refractivity contribution is 8.18. The van der Waals surface area contributed by atoms with Gasteiger partial charge in [-0.3, -0.25) is 14.7 Å². The molecule has 1 heterocycles. The molecule has 0 aliphatic carbocycles. The lowest BCUT2D eigenvalue weighted by Gasteiger charge is -2.13. The van der Waals surface area contributed by atoms with Gasteiger partial charge >= 0.3 is 0 Å². The van der Waals surface area contributed by atoms with Crippen LogP contribution < -0.4 is 9.47 Å². The molecule has 1 aliphatic rings. The zero-order valence-corrected chi connectivity index (χ0v) is 15.0. The van der Waals surface area contributed by atoms with Crippen LogP contribution in [0.5, 0.6) is 11.5 Å². The van der Waals surface area contributed by atoms with E-state index in [9.17, 15) is 4.79 Å². The predicted octanol–water partition coefficient (Wildman–Crippen LogP) is 3.32. The van der Waals surface area contributed by atoms with Crippen LogP contribution in [0.1, 0.15) is 25.0 Å². The topological polar surface area (TPSA) is 51.1 Å². The van der Waals surface area contributed by atoms with E-state index in [0.29, 0.717) is 23.7 Å². The minimum Gasteiger partial charge on any atom is -0.496 e. The van der Waals surface area contributed by atoms with Crippen molar-refractivity contribution in [3.05, 3.63) is 28.2 Å². The summed E-state index contributed by atoms with van der Waals surface area (Å²) in [5, 5.41) is 0.760. The standard InChI is InChI=1S/C17H22N2O3S/c1-6-18-17-19(7-2)16(20)14(23-17)10-12-8-9-13(21-4)11(3)15(12)22-5/h8-10H,6-7H2,1-5H3/b14-10+,18-17?. The highest BCUT2D eigenvalue weighted by Crippen LogP contribution is 2.37. The van der Waals surface area contributed by atoms with Crippen LogP contribution in [0.4, 0.5) is 0 Å². The Bertz CT molecular complexity index is 668. The number of rotatable bonds is 5. The first-order valence-electron chi connectivity index (χ1n) is 7.54. The quantitative estimate of drug-likeness (QED) is 0.775. The molecule has 0 aromatic heterocycles. The summed E-state index contributed by atoms with van der Waals surface area (Å²) in [6.07, 6.45) is 1.86. The Morgan fingerprint density at radius 1 is 1.26 bits per heavy atom. The number of thioether (sulfide) groups is 1. The molecular formula is C17H22N2O3S. The van der Waals surface area contributed by atoms with Crippen molar-refractivity contribution in [3.8, 4) is 11.5 Å². The lowest BCUT2D eigenvalue weighted by atomic mass is 10.1. The molecule has 0 radical (unpaired) electrons. The van der Waals surface area contributed by atoms with Gasteiger partial charge in [0.15, 0.2) is 5.17 Å². The van der Waals surface area contributed by atoms with Gasteiger partial charge in [-0.05, 0) is 50.7 Å². The number of likely N-dealkylation sites (N-methyl/N-ethyl adjacent to an activating group) is 1. The maximum Gasteiger partial charge on any atom is 0.266 e. The number of amidine groups is 1. The SMILES string of the molecule is CCN=C1S/C(=C/c2ccc(OC)c(C)c2OC)C(=O)N1CC. The molecule has 1 fully saturated rings. The van der Waals surface area contributed by atoms with E-state index < -0.39 is 0 Å². The van der Waals surface area contributed by atoms with Gasteiger partial charge in [0.1, 0.15) is 11.5 Å². The van der Waals surface area contributed by atoms with Gasteiger partial charge in [-0.1, -0.05) is 0 Å². The molecule has 2 rings (SSSR count). The van der Waals surface area contributed by atoms with Crippen molar-refractivity contribution in [3.63, 3.8) is 0 Å². The average molecular weight is 334 g/mol. The molecule has 0 unspecified atom stereocenters. The molecule has 1 amide bonds. The molecule has 23 heavy (non-hydrogen) atoms. The molecule has 0 bridgehead atoms. The number of hydrogen-bond acceptors (Lipinski definition) is 5. The number of hydrogen-bond donors (Lipinski definition) is 0. The fourth-order valence-corrected chi connectivity index (χ4v) is 3.58. The van der Waals surface area contributed by atoms with Gasteiger partial charge in [-0.2, -0.15) is 0 Å². The minimum atomic E-state index is -0.0137. The first-order valence-corrected chi connectivity index (χ1v) is 8.36. The summed E-state index contributed by atoms with van der Waals surface area (Å²) >= 11 is 1.41. The zero-order valence-electron chi connectivity index (χ0n) is 14.2. The van der Waals surface area contributed by atoms with Gasteiger partial charge in [0, 0.05) is 24.2 Å². The van der Waals surface area contributed by atoms with E-state index in [1.807, 2.05) is 39.0 Å². The second kappa shape index (κ2) is 7.55. The van der Waals surface area contributed by atoms with Crippen molar-refractivity contribution in [2.24, 2.45) is 4.99 Å². The third kappa shape index (κ3) is 3.37. The molecule has 1 aromatic rings. The molecule has 124 valence electrons. The van der Waals surface area contributed by atoms with Crippen LogP contribution in [0, 0.1) is 6.92 Å². The summed E-state index contributed by atoms with van der Waals surface area (Å²) in [6, 6.07) is 3.78. The lowest BCUT2D eigenvalue weighted by Crippen LogP contribution is -2.28. The fourth-order valence-electron chi connectivity index (χ4n) is 2.48. The second-order valence-corrected chi connectivity index (χ2v) is 5.94. The van der Waals surface area contributed by atoms with Crippen LogP contribution >= 0.6 is 11.8 Å². The van der Waals surface area contributed by atoms with E-state index in [1.54, 1.807) is 19.1 Å². The largest absolute Gasteiger partial charge is 0.496 e. The van der Waals surface area contributed by atoms with E-state index >= 15 is 0 Å². The van der Waals surface area contributed by atoms with Crippen LogP contribution in [0.3, 0.4) is 0 Å². The molecule has 0 spiro atoms. The number of ether oxygens (including phenoxy) is 2. The average Bonchev–Trinajstić information content (AvgIpc) is 2.83. The molecule has 1 aliphatic heterocycles. The van der Waals surface area contributed by atoms with Crippen molar-refractivity contribution < 1.29 is 14.3 Å². The second-order valence-electron chi connectivity index (χ2n) is 4.93. The number of benzene rings is 1. The molecule has 1 aromatic carbocycles. The Morgan fingerprint density at radius 2 is 2.00 bits per heavy atom. The maximum absolute atomic E-state index is 12.5. The molecule has 5 nitrogen and oxygen atoms in total. The Hall–Kier alpha value is -1.95. The van der Waals surface area contributed by atoms with Gasteiger partial charge in [0.2, 0.25) is 0 Å². The Morgan fingerprint density at radius 3 is 2.57 bits per heavy atom. The highest BCUT2D eigenvalue weighted by atomic mass is 32.2. The molecule has 0 saturated carbocycles. The van der Waals surface area contributed by atoms with E-state index in [1.165, 1.54) is 11.8 Å². The number of carbonyl (C=O) groups excluding carboxylic acids is 1. The third-order valence-electron chi connectivity index (χ3n) is 3.59. The normalized spacial score (nSPS) is 18.1. The number of methoxy groups -OCH3 is 2. The summed E-state index contributed by atoms with van der Waals surface area (Å²) in [7, 11) is 3.25. The van der Waals surface area contributed by atoms with Crippen LogP contribution in [-0.2, 0) is 4.79 Å². The van der Waals surface area contributed by atoms with Crippen molar-refractivity contribution >= 4 is 28.9 Å². The minimum absolute atomic E-state index is 0.0137. The van der Waals surface area contributed by atoms with Crippen molar-refractivity contribution in [2.75, 3.05) is 27.3 Å². The summed E-state index contributed by atoms with van der Waals surface area (Å²) in [5.74, 6) is 1.47. The number of aliphatic imine (C=N–C) groups is 1. The third-order valence-corrected chi connectivity index (χ3v) is 4.64. The molecule has 6 heteroatoms. The Kier molecular flexibility index (Phi) is 5.71. The predicted molar refractivity (Wildman–Crippen MR) is 95.2 cm³/mol. The zero-order chi connectivity index (χ0) is 17.0. The van der Waals surface area contributed by atoms with E-state index in [2.05, 4.69) is 4.99 Å². The number of amides is 1. The van der Waals surface area contributed by atoms with Crippen molar-refractivity contribution in [1.29, 1.82) is 0 Å². The van der Waals surface area contributed by atoms with Gasteiger partial charge in [0.25, 0.3) is 5.91 Å². The Balaban J connectivity index is 2.45. The van der Waals surface area contributed by atoms with Crippen LogP contribution in [0.15, 0.2) is 22.0 Å². The summed E-state index contributed by atoms with van der Waals surface area (Å²) in [4.78, 5) is 19.3. The summed E-state index contributed by atoms with van der Waals surface area (Å²) < 4.78 is 10.8. The van der Waals surface area contributed by atoms with E-state index in [-0.39, 0.29) is 5.91 Å². The van der Waals surface area contributed by atoms with Crippen LogP contribution in [-0.4, -0.2) is 43.3 Å². The van der Waals surface area contributed by atoms with Crippen molar-refractivity contribution in [2.45, 2.75) is 20.8 Å². The highest BCUT2D eigenvalue weighted by Gasteiger charge is 2.32. The fraction of sp³-hybridized carbons (Fsp3) is 0.412. The van der Waals surface area contributed by atoms with Gasteiger partial charge in [-0.15, -0.1) is 0 Å². The van der Waals surface area contributed by atoms with Crippen LogP contribution in [0.2, 0.25) is 0 Å². The van der Waals surface area contributed by atoms with Gasteiger partial charge in [-0.25, -0.2) is 0 Å². The maximum atomic E-state index is 12.5. The smallest absolute Gasteiger partial charge is 0.266 e. The lowest BCUT2D eigenvalue weighted by molar-refractivity contribution is -0.122. The van der Waals surface area contributed by atoms with E-state index in [4.69, 9.17) is 9.47 Å². The summed E-state index contributed by atoms with van der Waals surface area (Å²) in [5.41, 5.74) is 1.77. The van der Waals surface area contributed by atoms with Gasteiger partial charge in [0.05, 0.1) is 19.1 Å². The first-order chi connectivity index (χ1) is 11.1. The monoisotopic (exact) mass is 334 g/mol. The Labute approximate surface area is 141 Å². The van der Waals surface area contributed by atoms with E-state index in [0.717, 1.165) is 22.0 Å². The number of carbonyl (C=O) groups is 1. The van der Waals surface area contributed by atoms with Gasteiger partial charge < -0.3 is 9.47 Å². The van der Waals surface area contributed by atoms with Crippen molar-refractivity contribution in [1.82, 2.24) is 4.90 Å². The number of nitrogens with zero attached hydrogens (tertiary/aromatic N) is 2. The molecule has 0 N–H and O–H groups in total.